The van der Waals surface area contributed by atoms with Crippen LogP contribution < -0.4 is 10.0 Å². The third kappa shape index (κ3) is 3.77. The van der Waals surface area contributed by atoms with Gasteiger partial charge in [-0.15, -0.1) is 0 Å². The van der Waals surface area contributed by atoms with Crippen LogP contribution in [0.4, 0.5) is 0 Å². The maximum absolute atomic E-state index is 12.2. The van der Waals surface area contributed by atoms with E-state index in [2.05, 4.69) is 21.9 Å². The van der Waals surface area contributed by atoms with Crippen molar-refractivity contribution in [1.82, 2.24) is 15.0 Å². The molecule has 2 rings (SSSR count). The summed E-state index contributed by atoms with van der Waals surface area (Å²) < 4.78 is 27.1. The van der Waals surface area contributed by atoms with E-state index >= 15 is 0 Å². The Labute approximate surface area is 121 Å². The molecular weight excluding hydrogens is 274 g/mol. The molecule has 0 amide bonds. The van der Waals surface area contributed by atoms with Gasteiger partial charge in [-0.2, -0.15) is 0 Å². The molecule has 20 heavy (non-hydrogen) atoms. The SMILES string of the molecule is CCCC1(CNS(=O)(=O)c2ccc(CNC)cn2)CC1. The van der Waals surface area contributed by atoms with Gasteiger partial charge in [0.25, 0.3) is 10.0 Å². The van der Waals surface area contributed by atoms with Crippen LogP contribution in [-0.4, -0.2) is 27.0 Å². The van der Waals surface area contributed by atoms with Crippen molar-refractivity contribution in [1.29, 1.82) is 0 Å². The maximum Gasteiger partial charge on any atom is 0.258 e. The molecule has 0 unspecified atom stereocenters. The van der Waals surface area contributed by atoms with E-state index in [0.717, 1.165) is 31.2 Å². The quantitative estimate of drug-likeness (QED) is 0.765. The standard InChI is InChI=1S/C14H23N3O2S/c1-3-6-14(7-8-14)11-17-20(18,19)13-5-4-12(9-15-2)10-16-13/h4-5,10,15,17H,3,6-9,11H2,1-2H3. The highest BCUT2D eigenvalue weighted by Gasteiger charge is 2.42. The molecule has 0 atom stereocenters. The number of rotatable bonds is 8. The third-order valence-electron chi connectivity index (χ3n) is 3.83. The summed E-state index contributed by atoms with van der Waals surface area (Å²) in [5, 5.41) is 3.11. The first-order valence-electron chi connectivity index (χ1n) is 7.10. The average molecular weight is 297 g/mol. The fourth-order valence-corrected chi connectivity index (χ4v) is 3.51. The van der Waals surface area contributed by atoms with Crippen molar-refractivity contribution in [3.8, 4) is 0 Å². The minimum Gasteiger partial charge on any atom is -0.316 e. The van der Waals surface area contributed by atoms with Crippen LogP contribution in [0.2, 0.25) is 0 Å². The van der Waals surface area contributed by atoms with Gasteiger partial charge >= 0.3 is 0 Å². The Morgan fingerprint density at radius 3 is 2.60 bits per heavy atom. The second kappa shape index (κ2) is 6.20. The molecule has 1 fully saturated rings. The first-order valence-corrected chi connectivity index (χ1v) is 8.59. The maximum atomic E-state index is 12.2. The van der Waals surface area contributed by atoms with E-state index < -0.39 is 10.0 Å². The number of nitrogens with one attached hydrogen (secondary N) is 2. The van der Waals surface area contributed by atoms with Crippen LogP contribution in [0.3, 0.4) is 0 Å². The van der Waals surface area contributed by atoms with E-state index in [-0.39, 0.29) is 10.4 Å². The van der Waals surface area contributed by atoms with Crippen LogP contribution in [0.25, 0.3) is 0 Å². The molecule has 0 saturated heterocycles. The summed E-state index contributed by atoms with van der Waals surface area (Å²) in [6, 6.07) is 3.35. The average Bonchev–Trinajstić information content (AvgIpc) is 3.19. The van der Waals surface area contributed by atoms with E-state index in [9.17, 15) is 8.42 Å². The summed E-state index contributed by atoms with van der Waals surface area (Å²) >= 11 is 0. The number of pyridine rings is 1. The predicted octanol–water partition coefficient (Wildman–Crippen LogP) is 1.66. The summed E-state index contributed by atoms with van der Waals surface area (Å²) in [5.41, 5.74) is 1.17. The highest BCUT2D eigenvalue weighted by molar-refractivity contribution is 7.89. The minimum absolute atomic E-state index is 0.102. The highest BCUT2D eigenvalue weighted by atomic mass is 32.2. The number of sulfonamides is 1. The Hall–Kier alpha value is -0.980. The van der Waals surface area contributed by atoms with Gasteiger partial charge in [0.15, 0.2) is 5.03 Å². The molecule has 1 heterocycles. The second-order valence-corrected chi connectivity index (χ2v) is 7.32. The molecule has 1 saturated carbocycles. The van der Waals surface area contributed by atoms with Crippen molar-refractivity contribution in [3.05, 3.63) is 23.9 Å². The first-order chi connectivity index (χ1) is 9.51. The van der Waals surface area contributed by atoms with Crippen molar-refractivity contribution in [3.63, 3.8) is 0 Å². The van der Waals surface area contributed by atoms with E-state index in [1.807, 2.05) is 7.05 Å². The summed E-state index contributed by atoms with van der Waals surface area (Å²) in [7, 11) is -1.64. The molecule has 112 valence electrons. The largest absolute Gasteiger partial charge is 0.316 e. The molecule has 0 spiro atoms. The minimum atomic E-state index is -3.49. The molecule has 0 bridgehead atoms. The van der Waals surface area contributed by atoms with Crippen molar-refractivity contribution in [2.75, 3.05) is 13.6 Å². The Kier molecular flexibility index (Phi) is 4.78. The van der Waals surface area contributed by atoms with Gasteiger partial charge in [-0.1, -0.05) is 19.4 Å². The normalized spacial score (nSPS) is 17.1. The summed E-state index contributed by atoms with van der Waals surface area (Å²) in [5.74, 6) is 0. The van der Waals surface area contributed by atoms with Gasteiger partial charge < -0.3 is 5.32 Å². The Morgan fingerprint density at radius 2 is 2.10 bits per heavy atom. The molecule has 0 radical (unpaired) electrons. The van der Waals surface area contributed by atoms with Crippen LogP contribution in [0.15, 0.2) is 23.4 Å². The number of hydrogen-bond donors (Lipinski definition) is 2. The van der Waals surface area contributed by atoms with Gasteiger partial charge in [-0.3, -0.25) is 0 Å². The summed E-state index contributed by atoms with van der Waals surface area (Å²) in [6.07, 6.45) is 6.03. The summed E-state index contributed by atoms with van der Waals surface area (Å²) in [6.45, 7) is 3.35. The van der Waals surface area contributed by atoms with Crippen molar-refractivity contribution in [2.45, 2.75) is 44.2 Å². The van der Waals surface area contributed by atoms with E-state index in [1.165, 1.54) is 0 Å². The Morgan fingerprint density at radius 1 is 1.35 bits per heavy atom. The van der Waals surface area contributed by atoms with Crippen LogP contribution >= 0.6 is 0 Å². The molecule has 0 aliphatic heterocycles. The topological polar surface area (TPSA) is 71.1 Å². The number of hydrogen-bond acceptors (Lipinski definition) is 4. The second-order valence-electron chi connectivity index (χ2n) is 5.61. The number of aromatic nitrogens is 1. The monoisotopic (exact) mass is 297 g/mol. The van der Waals surface area contributed by atoms with Crippen LogP contribution in [-0.2, 0) is 16.6 Å². The third-order valence-corrected chi connectivity index (χ3v) is 5.14. The van der Waals surface area contributed by atoms with Gasteiger partial charge in [-0.25, -0.2) is 18.1 Å². The lowest BCUT2D eigenvalue weighted by atomic mass is 10.0. The van der Waals surface area contributed by atoms with Gasteiger partial charge in [-0.05, 0) is 43.4 Å². The van der Waals surface area contributed by atoms with Gasteiger partial charge in [0.05, 0.1) is 0 Å². The zero-order chi connectivity index (χ0) is 14.6. The lowest BCUT2D eigenvalue weighted by Gasteiger charge is -2.14. The molecule has 1 aliphatic rings. The lowest BCUT2D eigenvalue weighted by Crippen LogP contribution is -2.30. The van der Waals surface area contributed by atoms with Crippen molar-refractivity contribution >= 4 is 10.0 Å². The Bertz CT molecular complexity index is 536. The van der Waals surface area contributed by atoms with Crippen LogP contribution in [0, 0.1) is 5.41 Å². The molecular formula is C14H23N3O2S. The summed E-state index contributed by atoms with van der Waals surface area (Å²) in [4.78, 5) is 4.05. The van der Waals surface area contributed by atoms with E-state index in [4.69, 9.17) is 0 Å². The first kappa shape index (κ1) is 15.4. The fraction of sp³-hybridized carbons (Fsp3) is 0.643. The molecule has 2 N–H and O–H groups in total. The highest BCUT2D eigenvalue weighted by Crippen LogP contribution is 2.49. The lowest BCUT2D eigenvalue weighted by molar-refractivity contribution is 0.449. The Balaban J connectivity index is 1.99. The molecule has 1 aromatic heterocycles. The van der Waals surface area contributed by atoms with Gasteiger partial charge in [0, 0.05) is 19.3 Å². The van der Waals surface area contributed by atoms with Crippen molar-refractivity contribution < 1.29 is 8.42 Å². The zero-order valence-corrected chi connectivity index (χ0v) is 13.0. The predicted molar refractivity (Wildman–Crippen MR) is 78.8 cm³/mol. The zero-order valence-electron chi connectivity index (χ0n) is 12.1. The van der Waals surface area contributed by atoms with Gasteiger partial charge in [0.1, 0.15) is 0 Å². The molecule has 1 aliphatic carbocycles. The van der Waals surface area contributed by atoms with Crippen LogP contribution in [0.5, 0.6) is 0 Å². The molecule has 0 aromatic carbocycles. The molecule has 6 heteroatoms. The van der Waals surface area contributed by atoms with Gasteiger partial charge in [0.2, 0.25) is 0 Å². The van der Waals surface area contributed by atoms with E-state index in [1.54, 1.807) is 18.3 Å². The number of nitrogens with zero attached hydrogens (tertiary/aromatic N) is 1. The van der Waals surface area contributed by atoms with Crippen LogP contribution in [0.1, 0.15) is 38.2 Å². The van der Waals surface area contributed by atoms with Crippen molar-refractivity contribution in [2.24, 2.45) is 5.41 Å². The van der Waals surface area contributed by atoms with E-state index in [0.29, 0.717) is 13.1 Å². The smallest absolute Gasteiger partial charge is 0.258 e. The molecule has 5 nitrogen and oxygen atoms in total. The fourth-order valence-electron chi connectivity index (χ4n) is 2.42. The molecule has 1 aromatic rings.